The molecule has 0 aromatic heterocycles. The number of amides is 1. The van der Waals surface area contributed by atoms with Gasteiger partial charge in [-0.25, -0.2) is 0 Å². The lowest BCUT2D eigenvalue weighted by molar-refractivity contribution is 0.0735. The first-order valence-electron chi connectivity index (χ1n) is 5.37. The molecule has 0 saturated heterocycles. The molecule has 1 aromatic rings. The maximum absolute atomic E-state index is 12.5. The summed E-state index contributed by atoms with van der Waals surface area (Å²) in [6.07, 6.45) is 0. The summed E-state index contributed by atoms with van der Waals surface area (Å²) in [6.45, 7) is 4.15. The third kappa shape index (κ3) is 4.03. The Kier molecular flexibility index (Phi) is 5.75. The molecule has 0 heterocycles. The number of carbonyl (C=O) groups excluding carboxylic acids is 1. The van der Waals surface area contributed by atoms with Gasteiger partial charge in [0, 0.05) is 15.0 Å². The predicted octanol–water partition coefficient (Wildman–Crippen LogP) is 3.35. The van der Waals surface area contributed by atoms with Crippen molar-refractivity contribution < 1.29 is 4.79 Å². The van der Waals surface area contributed by atoms with Gasteiger partial charge < -0.3 is 10.6 Å². The Morgan fingerprint density at radius 1 is 1.44 bits per heavy atom. The third-order valence-corrected chi connectivity index (χ3v) is 3.68. The fourth-order valence-corrected chi connectivity index (χ4v) is 2.39. The Balaban J connectivity index is 3.09. The fraction of sp³-hybridized carbons (Fsp3) is 0.333. The van der Waals surface area contributed by atoms with Crippen molar-refractivity contribution in [2.75, 3.05) is 6.54 Å². The number of rotatable bonds is 4. The maximum Gasteiger partial charge on any atom is 0.255 e. The Hall–Kier alpha value is -0.460. The van der Waals surface area contributed by atoms with Crippen molar-refractivity contribution in [2.24, 2.45) is 5.73 Å². The molecule has 0 aliphatic heterocycles. The highest BCUT2D eigenvalue weighted by Gasteiger charge is 2.21. The molecule has 0 saturated carbocycles. The zero-order valence-electron chi connectivity index (χ0n) is 10.1. The molecule has 0 radical (unpaired) electrons. The first-order valence-corrected chi connectivity index (χ1v) is 7.36. The third-order valence-electron chi connectivity index (χ3n) is 2.37. The minimum Gasteiger partial charge on any atom is -0.392 e. The second-order valence-electron chi connectivity index (χ2n) is 4.12. The monoisotopic (exact) mass is 392 g/mol. The first-order chi connectivity index (χ1) is 8.32. The van der Waals surface area contributed by atoms with E-state index in [-0.39, 0.29) is 18.5 Å². The minimum absolute atomic E-state index is 0.0323. The molecule has 0 atom stereocenters. The van der Waals surface area contributed by atoms with Gasteiger partial charge in [-0.3, -0.25) is 4.79 Å². The van der Waals surface area contributed by atoms with Crippen LogP contribution in [0.3, 0.4) is 0 Å². The van der Waals surface area contributed by atoms with Crippen LogP contribution >= 0.6 is 44.1 Å². The Bertz CT molecular complexity index is 477. The van der Waals surface area contributed by atoms with E-state index in [1.54, 1.807) is 11.0 Å². The van der Waals surface area contributed by atoms with Crippen LogP contribution in [-0.4, -0.2) is 28.4 Å². The molecule has 1 aromatic carbocycles. The molecule has 0 bridgehead atoms. The predicted molar refractivity (Wildman–Crippen MR) is 84.8 cm³/mol. The van der Waals surface area contributed by atoms with Crippen molar-refractivity contribution in [2.45, 2.75) is 19.9 Å². The van der Waals surface area contributed by atoms with Crippen molar-refractivity contribution in [3.8, 4) is 0 Å². The van der Waals surface area contributed by atoms with E-state index in [2.05, 4.69) is 31.9 Å². The number of benzene rings is 1. The van der Waals surface area contributed by atoms with Gasteiger partial charge in [0.15, 0.2) is 0 Å². The van der Waals surface area contributed by atoms with Gasteiger partial charge in [0.1, 0.15) is 0 Å². The van der Waals surface area contributed by atoms with E-state index in [1.807, 2.05) is 26.0 Å². The zero-order chi connectivity index (χ0) is 13.9. The summed E-state index contributed by atoms with van der Waals surface area (Å²) in [4.78, 5) is 14.4. The van der Waals surface area contributed by atoms with Gasteiger partial charge in [-0.1, -0.05) is 28.1 Å². The molecule has 98 valence electrons. The average Bonchev–Trinajstić information content (AvgIpc) is 2.27. The lowest BCUT2D eigenvalue weighted by Crippen LogP contribution is -2.42. The number of hydrogen-bond donors (Lipinski definition) is 1. The second-order valence-corrected chi connectivity index (χ2v) is 6.41. The highest BCUT2D eigenvalue weighted by molar-refractivity contribution is 9.11. The van der Waals surface area contributed by atoms with E-state index in [0.717, 1.165) is 8.95 Å². The molecule has 0 unspecified atom stereocenters. The summed E-state index contributed by atoms with van der Waals surface area (Å²) in [7, 11) is 0. The van der Waals surface area contributed by atoms with Crippen LogP contribution in [0.25, 0.3) is 0 Å². The number of carbonyl (C=O) groups is 1. The summed E-state index contributed by atoms with van der Waals surface area (Å²) < 4.78 is 1.61. The summed E-state index contributed by atoms with van der Waals surface area (Å²) >= 11 is 11.6. The molecule has 1 amide bonds. The van der Waals surface area contributed by atoms with Gasteiger partial charge in [-0.2, -0.15) is 0 Å². The quantitative estimate of drug-likeness (QED) is 0.798. The van der Waals surface area contributed by atoms with Crippen LogP contribution in [0.1, 0.15) is 24.2 Å². The summed E-state index contributed by atoms with van der Waals surface area (Å²) in [5.74, 6) is -0.0917. The van der Waals surface area contributed by atoms with Gasteiger partial charge in [0.25, 0.3) is 5.91 Å². The largest absolute Gasteiger partial charge is 0.392 e. The molecule has 0 fully saturated rings. The molecule has 2 N–H and O–H groups in total. The molecule has 18 heavy (non-hydrogen) atoms. The van der Waals surface area contributed by atoms with Crippen molar-refractivity contribution in [3.05, 3.63) is 32.7 Å². The molecule has 0 aliphatic carbocycles. The molecule has 3 nitrogen and oxygen atoms in total. The van der Waals surface area contributed by atoms with Crippen LogP contribution in [0.15, 0.2) is 27.1 Å². The molecular formula is C12H14Br2N2OS. The zero-order valence-corrected chi connectivity index (χ0v) is 14.1. The van der Waals surface area contributed by atoms with E-state index in [1.165, 1.54) is 0 Å². The second kappa shape index (κ2) is 6.63. The van der Waals surface area contributed by atoms with Gasteiger partial charge in [0.2, 0.25) is 0 Å². The van der Waals surface area contributed by atoms with Crippen LogP contribution < -0.4 is 5.73 Å². The number of thiocarbonyl (C=S) groups is 1. The Morgan fingerprint density at radius 2 is 2.06 bits per heavy atom. The molecular weight excluding hydrogens is 380 g/mol. The highest BCUT2D eigenvalue weighted by Crippen LogP contribution is 2.23. The Morgan fingerprint density at radius 3 is 2.56 bits per heavy atom. The van der Waals surface area contributed by atoms with E-state index >= 15 is 0 Å². The van der Waals surface area contributed by atoms with Crippen LogP contribution in [0, 0.1) is 0 Å². The van der Waals surface area contributed by atoms with Crippen LogP contribution in [0.5, 0.6) is 0 Å². The van der Waals surface area contributed by atoms with Crippen molar-refractivity contribution in [1.29, 1.82) is 0 Å². The van der Waals surface area contributed by atoms with Crippen molar-refractivity contribution >= 4 is 55.0 Å². The number of hydrogen-bond acceptors (Lipinski definition) is 2. The summed E-state index contributed by atoms with van der Waals surface area (Å²) in [5.41, 5.74) is 6.12. The standard InChI is InChI=1S/C12H14Br2N2OS/c1-7(2)16(6-11(15)18)12(17)9-5-8(13)3-4-10(9)14/h3-5,7H,6H2,1-2H3,(H2,15,18). The van der Waals surface area contributed by atoms with Crippen molar-refractivity contribution in [1.82, 2.24) is 4.90 Å². The van der Waals surface area contributed by atoms with Crippen LogP contribution in [0.4, 0.5) is 0 Å². The van der Waals surface area contributed by atoms with Crippen LogP contribution in [-0.2, 0) is 0 Å². The highest BCUT2D eigenvalue weighted by atomic mass is 79.9. The van der Waals surface area contributed by atoms with Gasteiger partial charge in [-0.15, -0.1) is 0 Å². The molecule has 6 heteroatoms. The summed E-state index contributed by atoms with van der Waals surface area (Å²) in [5, 5.41) is 0. The SMILES string of the molecule is CC(C)N(CC(N)=S)C(=O)c1cc(Br)ccc1Br. The van der Waals surface area contributed by atoms with E-state index in [4.69, 9.17) is 18.0 Å². The topological polar surface area (TPSA) is 46.3 Å². The molecule has 0 spiro atoms. The lowest BCUT2D eigenvalue weighted by atomic mass is 10.1. The van der Waals surface area contributed by atoms with E-state index in [9.17, 15) is 4.79 Å². The average molecular weight is 394 g/mol. The number of nitrogens with two attached hydrogens (primary N) is 1. The summed E-state index contributed by atoms with van der Waals surface area (Å²) in [6, 6.07) is 5.51. The lowest BCUT2D eigenvalue weighted by Gasteiger charge is -2.26. The van der Waals surface area contributed by atoms with E-state index in [0.29, 0.717) is 10.6 Å². The maximum atomic E-state index is 12.5. The number of nitrogens with zero attached hydrogens (tertiary/aromatic N) is 1. The minimum atomic E-state index is -0.0917. The molecule has 1 rings (SSSR count). The smallest absolute Gasteiger partial charge is 0.255 e. The van der Waals surface area contributed by atoms with Gasteiger partial charge in [0.05, 0.1) is 17.1 Å². The fourth-order valence-electron chi connectivity index (χ4n) is 1.47. The van der Waals surface area contributed by atoms with Gasteiger partial charge >= 0.3 is 0 Å². The normalized spacial score (nSPS) is 10.5. The van der Waals surface area contributed by atoms with Crippen LogP contribution in [0.2, 0.25) is 0 Å². The molecule has 0 aliphatic rings. The first kappa shape index (κ1) is 15.6. The Labute approximate surface area is 129 Å². The number of halogens is 2. The van der Waals surface area contributed by atoms with Crippen molar-refractivity contribution in [3.63, 3.8) is 0 Å². The van der Waals surface area contributed by atoms with E-state index < -0.39 is 0 Å². The van der Waals surface area contributed by atoms with Gasteiger partial charge in [-0.05, 0) is 48.0 Å².